The largest absolute Gasteiger partial charge is 0.481 e. The molecule has 2 saturated heterocycles. The SMILES string of the molecule is COc1ncc(C(F)(F)F)cc1CO[C@H]1[C@H](C(C)(C)C)[C@@H](C(=O)O)N(C(=O)[C@H]2CCCCO2)[C@H]1c1ccccc1. The number of amides is 1. The van der Waals surface area contributed by atoms with Gasteiger partial charge in [0.15, 0.2) is 0 Å². The van der Waals surface area contributed by atoms with Crippen LogP contribution in [-0.2, 0) is 31.8 Å². The zero-order valence-electron chi connectivity index (χ0n) is 23.0. The Kier molecular flexibility index (Phi) is 8.75. The van der Waals surface area contributed by atoms with Crippen molar-refractivity contribution in [3.05, 3.63) is 59.3 Å². The van der Waals surface area contributed by atoms with Gasteiger partial charge in [-0.15, -0.1) is 0 Å². The first-order chi connectivity index (χ1) is 18.8. The standard InChI is InChI=1S/C29H35F3N2O6/c1-28(2,3)21-23(27(36)37)34(26(35)20-12-8-9-13-39-20)22(17-10-6-5-7-11-17)24(21)40-16-18-14-19(29(30,31)32)15-33-25(18)38-4/h5-7,10-11,14-15,20-24H,8-9,12-13,16H2,1-4H3,(H,36,37)/t20-,21-,22+,23+,24+/m1/s1. The summed E-state index contributed by atoms with van der Waals surface area (Å²) >= 11 is 0. The number of nitrogens with zero attached hydrogens (tertiary/aromatic N) is 2. The summed E-state index contributed by atoms with van der Waals surface area (Å²) in [4.78, 5) is 32.0. The minimum Gasteiger partial charge on any atom is -0.481 e. The van der Waals surface area contributed by atoms with E-state index < -0.39 is 59.2 Å². The lowest BCUT2D eigenvalue weighted by atomic mass is 9.73. The van der Waals surface area contributed by atoms with Gasteiger partial charge in [0.05, 0.1) is 31.4 Å². The van der Waals surface area contributed by atoms with E-state index in [4.69, 9.17) is 14.2 Å². The van der Waals surface area contributed by atoms with Gasteiger partial charge >= 0.3 is 12.1 Å². The molecule has 0 bridgehead atoms. The van der Waals surface area contributed by atoms with Crippen molar-refractivity contribution in [3.8, 4) is 5.88 Å². The summed E-state index contributed by atoms with van der Waals surface area (Å²) in [6.45, 7) is 5.66. The second kappa shape index (κ2) is 11.7. The maximum absolute atomic E-state index is 14.0. The summed E-state index contributed by atoms with van der Waals surface area (Å²) in [7, 11) is 1.30. The predicted octanol–water partition coefficient (Wildman–Crippen LogP) is 5.26. The zero-order valence-corrected chi connectivity index (χ0v) is 23.0. The fourth-order valence-electron chi connectivity index (χ4n) is 5.82. The summed E-state index contributed by atoms with van der Waals surface area (Å²) in [5.41, 5.74) is -0.910. The molecule has 0 spiro atoms. The normalized spacial score (nSPS) is 25.6. The Balaban J connectivity index is 1.81. The molecule has 0 saturated carbocycles. The monoisotopic (exact) mass is 564 g/mol. The molecule has 0 unspecified atom stereocenters. The number of ether oxygens (including phenoxy) is 3. The summed E-state index contributed by atoms with van der Waals surface area (Å²) in [6, 6.07) is 7.79. The fourth-order valence-corrected chi connectivity index (χ4v) is 5.82. The first kappa shape index (κ1) is 29.8. The third kappa shape index (κ3) is 6.10. The maximum atomic E-state index is 14.0. The van der Waals surface area contributed by atoms with Crippen LogP contribution in [0.15, 0.2) is 42.6 Å². The van der Waals surface area contributed by atoms with Crippen LogP contribution in [0, 0.1) is 11.3 Å². The molecular formula is C29H35F3N2O6. The van der Waals surface area contributed by atoms with E-state index in [2.05, 4.69) is 4.98 Å². The number of carbonyl (C=O) groups excluding carboxylic acids is 1. The van der Waals surface area contributed by atoms with E-state index >= 15 is 0 Å². The van der Waals surface area contributed by atoms with E-state index in [0.717, 1.165) is 18.9 Å². The summed E-state index contributed by atoms with van der Waals surface area (Å²) < 4.78 is 57.7. The van der Waals surface area contributed by atoms with Crippen LogP contribution in [0.1, 0.15) is 62.8 Å². The van der Waals surface area contributed by atoms with Gasteiger partial charge in [0.2, 0.25) is 5.88 Å². The van der Waals surface area contributed by atoms with Crippen LogP contribution < -0.4 is 4.74 Å². The van der Waals surface area contributed by atoms with Crippen LogP contribution >= 0.6 is 0 Å². The number of benzene rings is 1. The molecule has 2 aromatic rings. The van der Waals surface area contributed by atoms with E-state index in [1.807, 2.05) is 20.8 Å². The molecule has 40 heavy (non-hydrogen) atoms. The Hall–Kier alpha value is -3.18. The van der Waals surface area contributed by atoms with E-state index in [-0.39, 0.29) is 18.1 Å². The fraction of sp³-hybridized carbons (Fsp3) is 0.552. The van der Waals surface area contributed by atoms with Crippen molar-refractivity contribution in [2.24, 2.45) is 11.3 Å². The number of carbonyl (C=O) groups is 2. The van der Waals surface area contributed by atoms with Crippen LogP contribution in [0.5, 0.6) is 5.88 Å². The Morgan fingerprint density at radius 2 is 1.85 bits per heavy atom. The minimum absolute atomic E-state index is 0.0344. The van der Waals surface area contributed by atoms with Gasteiger partial charge in [0.25, 0.3) is 5.91 Å². The number of methoxy groups -OCH3 is 1. The lowest BCUT2D eigenvalue weighted by Gasteiger charge is -2.35. The van der Waals surface area contributed by atoms with Gasteiger partial charge in [-0.05, 0) is 36.3 Å². The molecule has 218 valence electrons. The van der Waals surface area contributed by atoms with Crippen LogP contribution in [-0.4, -0.2) is 58.8 Å². The molecule has 2 fully saturated rings. The highest BCUT2D eigenvalue weighted by atomic mass is 19.4. The average Bonchev–Trinajstić information content (AvgIpc) is 3.28. The number of carboxylic acids is 1. The van der Waals surface area contributed by atoms with E-state index in [1.165, 1.54) is 12.0 Å². The molecule has 1 aromatic carbocycles. The van der Waals surface area contributed by atoms with Gasteiger partial charge in [-0.2, -0.15) is 13.2 Å². The second-order valence-electron chi connectivity index (χ2n) is 11.3. The predicted molar refractivity (Wildman–Crippen MR) is 138 cm³/mol. The maximum Gasteiger partial charge on any atom is 0.417 e. The topological polar surface area (TPSA) is 98.2 Å². The molecule has 4 rings (SSSR count). The number of rotatable bonds is 7. The van der Waals surface area contributed by atoms with Gasteiger partial charge in [-0.25, -0.2) is 9.78 Å². The van der Waals surface area contributed by atoms with E-state index in [1.54, 1.807) is 30.3 Å². The quantitative estimate of drug-likeness (QED) is 0.490. The van der Waals surface area contributed by atoms with Gasteiger partial charge < -0.3 is 24.2 Å². The Morgan fingerprint density at radius 1 is 1.15 bits per heavy atom. The third-order valence-corrected chi connectivity index (χ3v) is 7.59. The second-order valence-corrected chi connectivity index (χ2v) is 11.3. The molecule has 0 aliphatic carbocycles. The highest BCUT2D eigenvalue weighted by molar-refractivity contribution is 5.88. The van der Waals surface area contributed by atoms with Crippen LogP contribution in [0.2, 0.25) is 0 Å². The molecule has 5 atom stereocenters. The van der Waals surface area contributed by atoms with Crippen molar-refractivity contribution in [3.63, 3.8) is 0 Å². The van der Waals surface area contributed by atoms with E-state index in [0.29, 0.717) is 24.8 Å². The number of pyridine rings is 1. The highest BCUT2D eigenvalue weighted by Crippen LogP contribution is 2.50. The Bertz CT molecular complexity index is 1190. The molecule has 1 amide bonds. The van der Waals surface area contributed by atoms with Gasteiger partial charge in [0.1, 0.15) is 12.1 Å². The van der Waals surface area contributed by atoms with E-state index in [9.17, 15) is 27.9 Å². The molecule has 3 heterocycles. The molecule has 2 aliphatic heterocycles. The molecular weight excluding hydrogens is 529 g/mol. The van der Waals surface area contributed by atoms with Gasteiger partial charge in [-0.1, -0.05) is 51.1 Å². The van der Waals surface area contributed by atoms with Crippen LogP contribution in [0.25, 0.3) is 0 Å². The van der Waals surface area contributed by atoms with Crippen molar-refractivity contribution in [1.82, 2.24) is 9.88 Å². The van der Waals surface area contributed by atoms with Gasteiger partial charge in [0, 0.05) is 24.3 Å². The molecule has 8 nitrogen and oxygen atoms in total. The summed E-state index contributed by atoms with van der Waals surface area (Å²) in [5, 5.41) is 10.5. The number of aliphatic carboxylic acids is 1. The molecule has 2 aliphatic rings. The first-order valence-electron chi connectivity index (χ1n) is 13.3. The Labute approximate surface area is 231 Å². The third-order valence-electron chi connectivity index (χ3n) is 7.59. The number of likely N-dealkylation sites (tertiary alicyclic amines) is 1. The lowest BCUT2D eigenvalue weighted by molar-refractivity contribution is -0.159. The molecule has 1 N–H and O–H groups in total. The minimum atomic E-state index is -4.63. The first-order valence-corrected chi connectivity index (χ1v) is 13.3. The smallest absolute Gasteiger partial charge is 0.417 e. The molecule has 11 heteroatoms. The number of hydrogen-bond donors (Lipinski definition) is 1. The Morgan fingerprint density at radius 3 is 2.40 bits per heavy atom. The molecule has 0 radical (unpaired) electrons. The number of halogens is 3. The van der Waals surface area contributed by atoms with Crippen molar-refractivity contribution < 1.29 is 42.1 Å². The van der Waals surface area contributed by atoms with Crippen LogP contribution in [0.3, 0.4) is 0 Å². The van der Waals surface area contributed by atoms with Crippen molar-refractivity contribution in [1.29, 1.82) is 0 Å². The number of aromatic nitrogens is 1. The van der Waals surface area contributed by atoms with Crippen molar-refractivity contribution in [2.45, 2.75) is 77.1 Å². The molecule has 1 aromatic heterocycles. The zero-order chi connectivity index (χ0) is 29.2. The lowest BCUT2D eigenvalue weighted by Crippen LogP contribution is -2.51. The average molecular weight is 565 g/mol. The van der Waals surface area contributed by atoms with Gasteiger partial charge in [-0.3, -0.25) is 4.79 Å². The number of carboxylic acid groups (broad SMARTS) is 1. The van der Waals surface area contributed by atoms with Crippen molar-refractivity contribution >= 4 is 11.9 Å². The number of alkyl halides is 3. The number of hydrogen-bond acceptors (Lipinski definition) is 6. The van der Waals surface area contributed by atoms with Crippen molar-refractivity contribution in [2.75, 3.05) is 13.7 Å². The van der Waals surface area contributed by atoms with Crippen LogP contribution in [0.4, 0.5) is 13.2 Å². The highest BCUT2D eigenvalue weighted by Gasteiger charge is 2.59. The summed E-state index contributed by atoms with van der Waals surface area (Å²) in [6.07, 6.45) is -3.53. The summed E-state index contributed by atoms with van der Waals surface area (Å²) in [5.74, 6) is -2.37.